The zero-order chi connectivity index (χ0) is 20.8. The van der Waals surface area contributed by atoms with Crippen molar-refractivity contribution in [1.29, 1.82) is 0 Å². The van der Waals surface area contributed by atoms with E-state index in [4.69, 9.17) is 9.15 Å². The highest BCUT2D eigenvalue weighted by Crippen LogP contribution is 2.28. The van der Waals surface area contributed by atoms with Gasteiger partial charge >= 0.3 is 0 Å². The molecule has 2 fully saturated rings. The fourth-order valence-corrected chi connectivity index (χ4v) is 4.74. The van der Waals surface area contributed by atoms with Crippen molar-refractivity contribution in [1.82, 2.24) is 15.2 Å². The van der Waals surface area contributed by atoms with Gasteiger partial charge in [-0.3, -0.25) is 9.69 Å². The second-order valence-corrected chi connectivity index (χ2v) is 8.62. The largest absolute Gasteiger partial charge is 0.460 e. The number of fused-ring (bicyclic) bond motifs is 1. The van der Waals surface area contributed by atoms with Crippen molar-refractivity contribution in [2.45, 2.75) is 44.6 Å². The predicted molar refractivity (Wildman–Crippen MR) is 118 cm³/mol. The first-order chi connectivity index (χ1) is 14.7. The highest BCUT2D eigenvalue weighted by Gasteiger charge is 2.24. The molecule has 1 saturated heterocycles. The van der Waals surface area contributed by atoms with Crippen LogP contribution < -0.4 is 10.2 Å². The van der Waals surface area contributed by atoms with Crippen LogP contribution >= 0.6 is 0 Å². The van der Waals surface area contributed by atoms with E-state index in [2.05, 4.69) is 20.1 Å². The Labute approximate surface area is 178 Å². The Morgan fingerprint density at radius 1 is 1.20 bits per heavy atom. The lowest BCUT2D eigenvalue weighted by atomic mass is 9.84. The van der Waals surface area contributed by atoms with Crippen LogP contribution in [0.5, 0.6) is 0 Å². The number of amides is 1. The molecule has 30 heavy (non-hydrogen) atoms. The van der Waals surface area contributed by atoms with Gasteiger partial charge in [0.2, 0.25) is 5.91 Å². The smallest absolute Gasteiger partial charge is 0.222 e. The highest BCUT2D eigenvalue weighted by molar-refractivity contribution is 5.87. The first kappa shape index (κ1) is 21.1. The van der Waals surface area contributed by atoms with E-state index >= 15 is 0 Å². The van der Waals surface area contributed by atoms with E-state index in [1.54, 1.807) is 13.4 Å². The number of rotatable bonds is 8. The van der Waals surface area contributed by atoms with E-state index in [0.717, 1.165) is 61.7 Å². The summed E-state index contributed by atoms with van der Waals surface area (Å²) in [5, 5.41) is 4.28. The Balaban J connectivity index is 1.15. The zero-order valence-electron chi connectivity index (χ0n) is 18.0. The molecule has 1 aliphatic heterocycles. The highest BCUT2D eigenvalue weighted by atomic mass is 16.5. The number of methoxy groups -OCH3 is 1. The van der Waals surface area contributed by atoms with Crippen molar-refractivity contribution in [3.8, 4) is 0 Å². The van der Waals surface area contributed by atoms with Gasteiger partial charge < -0.3 is 19.4 Å². The maximum Gasteiger partial charge on any atom is 0.222 e. The molecule has 7 heteroatoms. The number of pyridine rings is 1. The lowest BCUT2D eigenvalue weighted by molar-refractivity contribution is -0.122. The molecule has 0 atom stereocenters. The van der Waals surface area contributed by atoms with Crippen LogP contribution in [0.15, 0.2) is 29.0 Å². The van der Waals surface area contributed by atoms with Crippen LogP contribution in [0.1, 0.15) is 38.5 Å². The van der Waals surface area contributed by atoms with Crippen LogP contribution in [-0.2, 0) is 9.53 Å². The number of hydrogen-bond donors (Lipinski definition) is 1. The second kappa shape index (κ2) is 10.3. The van der Waals surface area contributed by atoms with Crippen molar-refractivity contribution >= 4 is 22.7 Å². The van der Waals surface area contributed by atoms with Gasteiger partial charge in [0.05, 0.1) is 12.9 Å². The maximum atomic E-state index is 11.9. The van der Waals surface area contributed by atoms with Gasteiger partial charge in [-0.15, -0.1) is 0 Å². The second-order valence-electron chi connectivity index (χ2n) is 8.62. The molecule has 164 valence electrons. The molecular weight excluding hydrogens is 380 g/mol. The van der Waals surface area contributed by atoms with Crippen LogP contribution in [0.25, 0.3) is 11.0 Å². The molecule has 2 aromatic rings. The van der Waals surface area contributed by atoms with E-state index in [-0.39, 0.29) is 5.91 Å². The maximum absolute atomic E-state index is 11.9. The third-order valence-corrected chi connectivity index (χ3v) is 6.62. The lowest BCUT2D eigenvalue weighted by Gasteiger charge is -2.36. The van der Waals surface area contributed by atoms with Crippen LogP contribution in [0, 0.1) is 5.92 Å². The summed E-state index contributed by atoms with van der Waals surface area (Å²) in [4.78, 5) is 21.4. The number of hydrogen-bond acceptors (Lipinski definition) is 6. The molecule has 1 saturated carbocycles. The molecule has 2 aromatic heterocycles. The molecule has 4 rings (SSSR count). The summed E-state index contributed by atoms with van der Waals surface area (Å²) in [7, 11) is 1.63. The van der Waals surface area contributed by atoms with E-state index in [9.17, 15) is 4.79 Å². The van der Waals surface area contributed by atoms with Gasteiger partial charge in [0, 0.05) is 57.3 Å². The lowest BCUT2D eigenvalue weighted by Crippen LogP contribution is -2.47. The van der Waals surface area contributed by atoms with E-state index in [0.29, 0.717) is 19.1 Å². The molecule has 1 aliphatic carbocycles. The Hall–Kier alpha value is -2.12. The summed E-state index contributed by atoms with van der Waals surface area (Å²) >= 11 is 0. The third-order valence-electron chi connectivity index (χ3n) is 6.62. The number of anilines is 1. The van der Waals surface area contributed by atoms with Crippen LogP contribution in [0.4, 0.5) is 5.82 Å². The molecule has 0 radical (unpaired) electrons. The van der Waals surface area contributed by atoms with Crippen molar-refractivity contribution in [3.63, 3.8) is 0 Å². The molecule has 0 aromatic carbocycles. The number of ether oxygens (including phenoxy) is 1. The van der Waals surface area contributed by atoms with Crippen molar-refractivity contribution in [2.24, 2.45) is 5.92 Å². The third kappa shape index (κ3) is 5.32. The normalized spacial score (nSPS) is 23.0. The molecular formula is C23H34N4O3. The van der Waals surface area contributed by atoms with Gasteiger partial charge in [0.25, 0.3) is 0 Å². The standard InChI is InChI=1S/C23H34N4O3/c1-29-16-9-21(28)25-20-4-2-18(3-5-20)7-11-26-12-14-27(15-13-26)23-22-19(6-10-24-23)8-17-30-22/h6,8,10,17-18,20H,2-5,7,9,11-16H2,1H3,(H,25,28)/t18-,20-. The van der Waals surface area contributed by atoms with Gasteiger partial charge in [0.15, 0.2) is 11.4 Å². The van der Waals surface area contributed by atoms with Crippen molar-refractivity contribution in [3.05, 3.63) is 24.6 Å². The number of nitrogens with one attached hydrogen (secondary N) is 1. The number of furan rings is 1. The average molecular weight is 415 g/mol. The summed E-state index contributed by atoms with van der Waals surface area (Å²) in [5.74, 6) is 1.88. The minimum Gasteiger partial charge on any atom is -0.460 e. The van der Waals surface area contributed by atoms with Gasteiger partial charge in [-0.05, 0) is 56.7 Å². The fourth-order valence-electron chi connectivity index (χ4n) is 4.74. The van der Waals surface area contributed by atoms with Crippen molar-refractivity contribution in [2.75, 3.05) is 51.3 Å². The Bertz CT molecular complexity index is 808. The number of carbonyl (C=O) groups excluding carboxylic acids is 1. The summed E-state index contributed by atoms with van der Waals surface area (Å²) < 4.78 is 10.6. The number of aromatic nitrogens is 1. The molecule has 0 spiro atoms. The average Bonchev–Trinajstić information content (AvgIpc) is 3.27. The Kier molecular flexibility index (Phi) is 7.23. The first-order valence-electron chi connectivity index (χ1n) is 11.3. The van der Waals surface area contributed by atoms with Gasteiger partial charge in [0.1, 0.15) is 0 Å². The SMILES string of the molecule is COCCC(=O)N[C@H]1CC[C@H](CCN2CCN(c3nccc4ccoc34)CC2)CC1. The summed E-state index contributed by atoms with van der Waals surface area (Å²) in [5.41, 5.74) is 0.900. The van der Waals surface area contributed by atoms with Gasteiger partial charge in [-0.25, -0.2) is 4.98 Å². The Morgan fingerprint density at radius 2 is 2.00 bits per heavy atom. The van der Waals surface area contributed by atoms with Crippen LogP contribution in [0.3, 0.4) is 0 Å². The Morgan fingerprint density at radius 3 is 2.77 bits per heavy atom. The molecule has 7 nitrogen and oxygen atoms in total. The molecule has 3 heterocycles. The van der Waals surface area contributed by atoms with E-state index < -0.39 is 0 Å². The molecule has 0 unspecified atom stereocenters. The van der Waals surface area contributed by atoms with E-state index in [1.165, 1.54) is 25.8 Å². The number of nitrogens with zero attached hydrogens (tertiary/aromatic N) is 3. The topological polar surface area (TPSA) is 70.8 Å². The minimum absolute atomic E-state index is 0.123. The monoisotopic (exact) mass is 414 g/mol. The fraction of sp³-hybridized carbons (Fsp3) is 0.652. The zero-order valence-corrected chi connectivity index (χ0v) is 18.0. The minimum atomic E-state index is 0.123. The van der Waals surface area contributed by atoms with Gasteiger partial charge in [-0.1, -0.05) is 0 Å². The van der Waals surface area contributed by atoms with Crippen LogP contribution in [-0.4, -0.2) is 68.3 Å². The number of piperazine rings is 1. The van der Waals surface area contributed by atoms with Crippen LogP contribution in [0.2, 0.25) is 0 Å². The van der Waals surface area contributed by atoms with E-state index in [1.807, 2.05) is 18.3 Å². The molecule has 0 bridgehead atoms. The molecule has 2 aliphatic rings. The quantitative estimate of drug-likeness (QED) is 0.716. The number of carbonyl (C=O) groups is 1. The molecule has 1 N–H and O–H groups in total. The predicted octanol–water partition coefficient (Wildman–Crippen LogP) is 3.05. The molecule has 1 amide bonds. The summed E-state index contributed by atoms with van der Waals surface area (Å²) in [6, 6.07) is 4.35. The summed E-state index contributed by atoms with van der Waals surface area (Å²) in [6.07, 6.45) is 10.00. The van der Waals surface area contributed by atoms with Crippen molar-refractivity contribution < 1.29 is 13.9 Å². The first-order valence-corrected chi connectivity index (χ1v) is 11.3. The summed E-state index contributed by atoms with van der Waals surface area (Å²) in [6.45, 7) is 5.80. The van der Waals surface area contributed by atoms with Gasteiger partial charge in [-0.2, -0.15) is 0 Å².